The second-order valence-corrected chi connectivity index (χ2v) is 6.73. The van der Waals surface area contributed by atoms with Crippen molar-refractivity contribution in [3.63, 3.8) is 0 Å². The Hall–Kier alpha value is -1.35. The Morgan fingerprint density at radius 2 is 1.90 bits per heavy atom. The van der Waals surface area contributed by atoms with Gasteiger partial charge in [-0.2, -0.15) is 0 Å². The molecular formula is C18H25NO2. The number of carbonyl (C=O) groups is 1. The quantitative estimate of drug-likeness (QED) is 0.850. The lowest BCUT2D eigenvalue weighted by Crippen LogP contribution is -2.44. The van der Waals surface area contributed by atoms with Crippen molar-refractivity contribution >= 4 is 5.97 Å². The summed E-state index contributed by atoms with van der Waals surface area (Å²) in [7, 11) is 0. The van der Waals surface area contributed by atoms with E-state index in [0.29, 0.717) is 5.92 Å². The van der Waals surface area contributed by atoms with Gasteiger partial charge in [-0.25, -0.2) is 0 Å². The van der Waals surface area contributed by atoms with E-state index in [0.717, 1.165) is 31.7 Å². The lowest BCUT2D eigenvalue weighted by Gasteiger charge is -2.33. The van der Waals surface area contributed by atoms with Crippen LogP contribution >= 0.6 is 0 Å². The lowest BCUT2D eigenvalue weighted by atomic mass is 9.80. The summed E-state index contributed by atoms with van der Waals surface area (Å²) < 4.78 is 5.76. The molecule has 21 heavy (non-hydrogen) atoms. The van der Waals surface area contributed by atoms with Gasteiger partial charge in [0, 0.05) is 6.54 Å². The number of esters is 1. The molecule has 1 aromatic carbocycles. The number of hydrogen-bond acceptors (Lipinski definition) is 3. The smallest absolute Gasteiger partial charge is 0.323 e. The molecule has 1 fully saturated rings. The highest BCUT2D eigenvalue weighted by molar-refractivity contribution is 5.77. The zero-order valence-electron chi connectivity index (χ0n) is 13.0. The Balaban J connectivity index is 1.57. The summed E-state index contributed by atoms with van der Waals surface area (Å²) in [6.07, 6.45) is 4.05. The number of benzene rings is 1. The van der Waals surface area contributed by atoms with Crippen LogP contribution in [0.3, 0.4) is 0 Å². The molecule has 1 heterocycles. The molecule has 1 aliphatic heterocycles. The van der Waals surface area contributed by atoms with Gasteiger partial charge in [0.2, 0.25) is 0 Å². The fourth-order valence-corrected chi connectivity index (χ4v) is 3.47. The topological polar surface area (TPSA) is 38.3 Å². The van der Waals surface area contributed by atoms with Crippen LogP contribution in [-0.4, -0.2) is 18.1 Å². The molecule has 0 spiro atoms. The number of rotatable bonds is 2. The minimum Gasteiger partial charge on any atom is -0.461 e. The molecule has 3 unspecified atom stereocenters. The van der Waals surface area contributed by atoms with Crippen LogP contribution in [-0.2, 0) is 22.5 Å². The monoisotopic (exact) mass is 287 g/mol. The molecule has 3 heteroatoms. The highest BCUT2D eigenvalue weighted by Crippen LogP contribution is 2.31. The van der Waals surface area contributed by atoms with E-state index < -0.39 is 0 Å². The van der Waals surface area contributed by atoms with E-state index >= 15 is 0 Å². The summed E-state index contributed by atoms with van der Waals surface area (Å²) in [4.78, 5) is 12.4. The van der Waals surface area contributed by atoms with Crippen LogP contribution in [0.5, 0.6) is 0 Å². The third-order valence-electron chi connectivity index (χ3n) is 5.20. The van der Waals surface area contributed by atoms with Gasteiger partial charge in [0.1, 0.15) is 12.1 Å². The van der Waals surface area contributed by atoms with Crippen LogP contribution < -0.4 is 5.32 Å². The lowest BCUT2D eigenvalue weighted by molar-refractivity contribution is -0.154. The highest BCUT2D eigenvalue weighted by Gasteiger charge is 2.31. The van der Waals surface area contributed by atoms with E-state index in [-0.39, 0.29) is 18.1 Å². The first-order chi connectivity index (χ1) is 10.1. The Bertz CT molecular complexity index is 514. The number of nitrogens with one attached hydrogen (secondary N) is 1. The summed E-state index contributed by atoms with van der Waals surface area (Å²) >= 11 is 0. The van der Waals surface area contributed by atoms with Gasteiger partial charge in [-0.3, -0.25) is 4.79 Å². The van der Waals surface area contributed by atoms with Gasteiger partial charge >= 0.3 is 5.97 Å². The maximum Gasteiger partial charge on any atom is 0.323 e. The number of carbonyl (C=O) groups excluding carboxylic acids is 1. The number of hydrogen-bond donors (Lipinski definition) is 1. The van der Waals surface area contributed by atoms with E-state index in [2.05, 4.69) is 31.3 Å². The van der Waals surface area contributed by atoms with Gasteiger partial charge in [0.25, 0.3) is 0 Å². The van der Waals surface area contributed by atoms with Crippen LogP contribution in [0.4, 0.5) is 0 Å². The minimum absolute atomic E-state index is 0.0729. The van der Waals surface area contributed by atoms with Crippen LogP contribution in [0.2, 0.25) is 0 Å². The van der Waals surface area contributed by atoms with Gasteiger partial charge in [-0.1, -0.05) is 38.1 Å². The van der Waals surface area contributed by atoms with E-state index in [4.69, 9.17) is 4.74 Å². The summed E-state index contributed by atoms with van der Waals surface area (Å²) in [5.41, 5.74) is 2.56. The molecule has 0 radical (unpaired) electrons. The van der Waals surface area contributed by atoms with Crippen LogP contribution in [0.25, 0.3) is 0 Å². The van der Waals surface area contributed by atoms with Crippen molar-refractivity contribution in [2.75, 3.05) is 0 Å². The van der Waals surface area contributed by atoms with E-state index in [9.17, 15) is 4.79 Å². The summed E-state index contributed by atoms with van der Waals surface area (Å²) in [5.74, 6) is 1.33. The van der Waals surface area contributed by atoms with Crippen molar-refractivity contribution < 1.29 is 9.53 Å². The van der Waals surface area contributed by atoms with Crippen LogP contribution in [0.15, 0.2) is 24.3 Å². The molecule has 2 aliphatic rings. The van der Waals surface area contributed by atoms with E-state index in [1.807, 2.05) is 12.1 Å². The third-order valence-corrected chi connectivity index (χ3v) is 5.20. The Morgan fingerprint density at radius 1 is 1.14 bits per heavy atom. The van der Waals surface area contributed by atoms with Crippen molar-refractivity contribution in [3.8, 4) is 0 Å². The zero-order valence-corrected chi connectivity index (χ0v) is 13.0. The first-order valence-electron chi connectivity index (χ1n) is 8.14. The molecule has 3 nitrogen and oxygen atoms in total. The Morgan fingerprint density at radius 3 is 2.67 bits per heavy atom. The number of fused-ring (bicyclic) bond motifs is 1. The van der Waals surface area contributed by atoms with Crippen molar-refractivity contribution in [2.24, 2.45) is 11.8 Å². The molecule has 114 valence electrons. The first-order valence-corrected chi connectivity index (χ1v) is 8.14. The average Bonchev–Trinajstić information content (AvgIpc) is 2.50. The van der Waals surface area contributed by atoms with Gasteiger partial charge in [-0.15, -0.1) is 0 Å². The maximum atomic E-state index is 12.4. The minimum atomic E-state index is -0.186. The van der Waals surface area contributed by atoms with Crippen LogP contribution in [0, 0.1) is 11.8 Å². The number of ether oxygens (including phenoxy) is 1. The van der Waals surface area contributed by atoms with Crippen molar-refractivity contribution in [1.82, 2.24) is 5.32 Å². The molecule has 4 atom stereocenters. The maximum absolute atomic E-state index is 12.4. The Labute approximate surface area is 127 Å². The second-order valence-electron chi connectivity index (χ2n) is 6.73. The standard InChI is InChI=1S/C18H25NO2/c1-12-7-8-16(9-13(12)2)21-18(20)17-10-14-5-3-4-6-15(14)11-19-17/h3-6,12-13,16-17,19H,7-11H2,1-2H3/t12?,13?,16?,17-/m0/s1. The molecule has 0 bridgehead atoms. The summed E-state index contributed by atoms with van der Waals surface area (Å²) in [6, 6.07) is 8.13. The van der Waals surface area contributed by atoms with Crippen molar-refractivity contribution in [3.05, 3.63) is 35.4 Å². The average molecular weight is 287 g/mol. The fourth-order valence-electron chi connectivity index (χ4n) is 3.47. The molecule has 0 saturated heterocycles. The largest absolute Gasteiger partial charge is 0.461 e. The first kappa shape index (κ1) is 14.6. The highest BCUT2D eigenvalue weighted by atomic mass is 16.5. The summed E-state index contributed by atoms with van der Waals surface area (Å²) in [5, 5.41) is 3.31. The Kier molecular flexibility index (Phi) is 4.29. The molecule has 1 aromatic rings. The predicted octanol–water partition coefficient (Wildman–Crippen LogP) is 3.07. The molecule has 1 saturated carbocycles. The van der Waals surface area contributed by atoms with Crippen molar-refractivity contribution in [2.45, 2.75) is 58.2 Å². The summed E-state index contributed by atoms with van der Waals surface area (Å²) in [6.45, 7) is 5.32. The second kappa shape index (κ2) is 6.18. The van der Waals surface area contributed by atoms with Crippen molar-refractivity contribution in [1.29, 1.82) is 0 Å². The molecule has 0 amide bonds. The molecule has 3 rings (SSSR count). The van der Waals surface area contributed by atoms with Gasteiger partial charge < -0.3 is 10.1 Å². The molecule has 1 N–H and O–H groups in total. The van der Waals surface area contributed by atoms with Gasteiger partial charge in [0.15, 0.2) is 0 Å². The SMILES string of the molecule is CC1CCC(OC(=O)[C@@H]2Cc3ccccc3CN2)CC1C. The predicted molar refractivity (Wildman–Crippen MR) is 82.8 cm³/mol. The van der Waals surface area contributed by atoms with E-state index in [1.165, 1.54) is 17.5 Å². The molecule has 1 aliphatic carbocycles. The van der Waals surface area contributed by atoms with E-state index in [1.54, 1.807) is 0 Å². The fraction of sp³-hybridized carbons (Fsp3) is 0.611. The normalized spacial score (nSPS) is 32.3. The molecule has 0 aromatic heterocycles. The third kappa shape index (κ3) is 3.29. The van der Waals surface area contributed by atoms with Crippen LogP contribution in [0.1, 0.15) is 44.2 Å². The van der Waals surface area contributed by atoms with Gasteiger partial charge in [0.05, 0.1) is 0 Å². The van der Waals surface area contributed by atoms with Gasteiger partial charge in [-0.05, 0) is 48.6 Å². The zero-order chi connectivity index (χ0) is 14.8. The molecular weight excluding hydrogens is 262 g/mol.